The molecule has 26 heavy (non-hydrogen) atoms. The zero-order valence-corrected chi connectivity index (χ0v) is 15.5. The summed E-state index contributed by atoms with van der Waals surface area (Å²) in [6.07, 6.45) is 8.31. The molecule has 3 aliphatic carbocycles. The number of ether oxygens (including phenoxy) is 2. The SMILES string of the molecule is CC(C)[C@H](NC(=O)[C@@H]1C[C@H]2C=C[C@H]1C21CC1)c1ccc2c(c1)OCCO2. The fourth-order valence-corrected chi connectivity index (χ4v) is 5.42. The second-order valence-corrected chi connectivity index (χ2v) is 8.73. The van der Waals surface area contributed by atoms with Crippen molar-refractivity contribution >= 4 is 5.91 Å². The third-order valence-electron chi connectivity index (χ3n) is 6.95. The van der Waals surface area contributed by atoms with Crippen molar-refractivity contribution < 1.29 is 14.3 Å². The summed E-state index contributed by atoms with van der Waals surface area (Å²) in [5, 5.41) is 3.36. The van der Waals surface area contributed by atoms with Gasteiger partial charge in [0.1, 0.15) is 13.2 Å². The monoisotopic (exact) mass is 353 g/mol. The molecule has 1 aliphatic heterocycles. The summed E-state index contributed by atoms with van der Waals surface area (Å²) in [6, 6.07) is 6.05. The molecule has 2 bridgehead atoms. The highest BCUT2D eigenvalue weighted by molar-refractivity contribution is 5.81. The highest BCUT2D eigenvalue weighted by atomic mass is 16.6. The van der Waals surface area contributed by atoms with Crippen LogP contribution in [0.4, 0.5) is 0 Å². The van der Waals surface area contributed by atoms with Crippen molar-refractivity contribution in [3.8, 4) is 11.5 Å². The minimum atomic E-state index is -0.00316. The molecular formula is C22H27NO3. The Morgan fingerprint density at radius 2 is 1.92 bits per heavy atom. The van der Waals surface area contributed by atoms with Crippen LogP contribution in [0.2, 0.25) is 0 Å². The van der Waals surface area contributed by atoms with Crippen LogP contribution in [-0.4, -0.2) is 19.1 Å². The standard InChI is InChI=1S/C22H27NO3/c1-13(2)20(14-3-6-18-19(11-14)26-10-9-25-18)23-21(24)16-12-15-4-5-17(16)22(15)7-8-22/h3-6,11,13,15-17,20H,7-10,12H2,1-2H3,(H,23,24)/t15-,16-,17-,20+/m1/s1. The summed E-state index contributed by atoms with van der Waals surface area (Å²) in [7, 11) is 0. The van der Waals surface area contributed by atoms with E-state index in [0.717, 1.165) is 23.5 Å². The van der Waals surface area contributed by atoms with Gasteiger partial charge in [-0.3, -0.25) is 4.79 Å². The predicted molar refractivity (Wildman–Crippen MR) is 99.0 cm³/mol. The Labute approximate surface area is 154 Å². The molecule has 4 nitrogen and oxygen atoms in total. The Hall–Kier alpha value is -1.97. The number of hydrogen-bond acceptors (Lipinski definition) is 3. The Kier molecular flexibility index (Phi) is 3.60. The summed E-state index contributed by atoms with van der Waals surface area (Å²) < 4.78 is 11.4. The number of carbonyl (C=O) groups excluding carboxylic acids is 1. The van der Waals surface area contributed by atoms with Crippen LogP contribution in [0.1, 0.15) is 44.7 Å². The summed E-state index contributed by atoms with van der Waals surface area (Å²) in [4.78, 5) is 13.1. The van der Waals surface area contributed by atoms with Crippen molar-refractivity contribution in [3.05, 3.63) is 35.9 Å². The summed E-state index contributed by atoms with van der Waals surface area (Å²) in [6.45, 7) is 5.49. The third kappa shape index (κ3) is 2.38. The number of nitrogens with one attached hydrogen (secondary N) is 1. The number of benzene rings is 1. The Morgan fingerprint density at radius 3 is 2.62 bits per heavy atom. The Morgan fingerprint density at radius 1 is 1.15 bits per heavy atom. The van der Waals surface area contributed by atoms with Crippen LogP contribution >= 0.6 is 0 Å². The van der Waals surface area contributed by atoms with Gasteiger partial charge in [-0.05, 0) is 60.1 Å². The topological polar surface area (TPSA) is 47.6 Å². The van der Waals surface area contributed by atoms with Crippen LogP contribution in [0, 0.1) is 29.1 Å². The highest BCUT2D eigenvalue weighted by Gasteiger charge is 2.64. The molecule has 1 amide bonds. The fourth-order valence-electron chi connectivity index (χ4n) is 5.42. The first kappa shape index (κ1) is 16.2. The predicted octanol–water partition coefficient (Wildman–Crippen LogP) is 3.87. The van der Waals surface area contributed by atoms with E-state index < -0.39 is 0 Å². The Bertz CT molecular complexity index is 765. The molecule has 2 saturated carbocycles. The van der Waals surface area contributed by atoms with E-state index in [2.05, 4.69) is 37.4 Å². The molecule has 4 heteroatoms. The van der Waals surface area contributed by atoms with E-state index in [9.17, 15) is 4.79 Å². The molecule has 0 saturated heterocycles. The van der Waals surface area contributed by atoms with Gasteiger partial charge in [0.2, 0.25) is 5.91 Å². The van der Waals surface area contributed by atoms with E-state index in [-0.39, 0.29) is 17.9 Å². The molecule has 1 N–H and O–H groups in total. The van der Waals surface area contributed by atoms with Crippen molar-refractivity contribution in [1.29, 1.82) is 0 Å². The zero-order chi connectivity index (χ0) is 17.9. The molecule has 4 aliphatic rings. The smallest absolute Gasteiger partial charge is 0.224 e. The van der Waals surface area contributed by atoms with Gasteiger partial charge in [-0.25, -0.2) is 0 Å². The highest BCUT2D eigenvalue weighted by Crippen LogP contribution is 2.70. The van der Waals surface area contributed by atoms with Crippen molar-refractivity contribution in [2.24, 2.45) is 29.1 Å². The van der Waals surface area contributed by atoms with Gasteiger partial charge in [-0.2, -0.15) is 0 Å². The molecule has 0 aromatic heterocycles. The van der Waals surface area contributed by atoms with Crippen LogP contribution < -0.4 is 14.8 Å². The minimum Gasteiger partial charge on any atom is -0.486 e. The fraction of sp³-hybridized carbons (Fsp3) is 0.591. The van der Waals surface area contributed by atoms with Gasteiger partial charge in [-0.1, -0.05) is 32.1 Å². The first-order valence-electron chi connectivity index (χ1n) is 9.97. The van der Waals surface area contributed by atoms with E-state index in [0.29, 0.717) is 36.4 Å². The summed E-state index contributed by atoms with van der Waals surface area (Å²) in [5.74, 6) is 3.35. The van der Waals surface area contributed by atoms with Crippen LogP contribution in [0.5, 0.6) is 11.5 Å². The van der Waals surface area contributed by atoms with Crippen LogP contribution in [0.15, 0.2) is 30.4 Å². The van der Waals surface area contributed by atoms with Gasteiger partial charge in [0.05, 0.1) is 6.04 Å². The first-order valence-corrected chi connectivity index (χ1v) is 9.97. The lowest BCUT2D eigenvalue weighted by molar-refractivity contribution is -0.127. The van der Waals surface area contributed by atoms with Gasteiger partial charge in [0, 0.05) is 5.92 Å². The van der Waals surface area contributed by atoms with Crippen molar-refractivity contribution in [1.82, 2.24) is 5.32 Å². The van der Waals surface area contributed by atoms with E-state index in [1.807, 2.05) is 12.1 Å². The lowest BCUT2D eigenvalue weighted by atomic mass is 9.87. The Balaban J connectivity index is 1.35. The largest absolute Gasteiger partial charge is 0.486 e. The van der Waals surface area contributed by atoms with Crippen molar-refractivity contribution in [3.63, 3.8) is 0 Å². The maximum absolute atomic E-state index is 13.1. The second-order valence-electron chi connectivity index (χ2n) is 8.73. The van der Waals surface area contributed by atoms with Crippen LogP contribution in [-0.2, 0) is 4.79 Å². The van der Waals surface area contributed by atoms with Crippen molar-refractivity contribution in [2.75, 3.05) is 13.2 Å². The molecule has 2 fully saturated rings. The van der Waals surface area contributed by atoms with Gasteiger partial charge in [0.15, 0.2) is 11.5 Å². The first-order chi connectivity index (χ1) is 12.6. The number of hydrogen-bond donors (Lipinski definition) is 1. The molecule has 4 atom stereocenters. The van der Waals surface area contributed by atoms with E-state index in [4.69, 9.17) is 9.47 Å². The normalized spacial score (nSPS) is 30.7. The third-order valence-corrected chi connectivity index (χ3v) is 6.95. The van der Waals surface area contributed by atoms with Gasteiger partial charge >= 0.3 is 0 Å². The molecule has 1 heterocycles. The molecule has 1 spiro atoms. The number of amides is 1. The zero-order valence-electron chi connectivity index (χ0n) is 15.5. The number of rotatable bonds is 4. The molecule has 1 aromatic carbocycles. The molecule has 1 aromatic rings. The number of fused-ring (bicyclic) bond motifs is 1. The second kappa shape index (κ2) is 5.77. The van der Waals surface area contributed by atoms with E-state index in [1.165, 1.54) is 12.8 Å². The molecule has 5 rings (SSSR count). The lowest BCUT2D eigenvalue weighted by Crippen LogP contribution is -2.38. The average Bonchev–Trinajstić information content (AvgIpc) is 3.32. The molecule has 138 valence electrons. The molecular weight excluding hydrogens is 326 g/mol. The molecule has 0 unspecified atom stereocenters. The number of allylic oxidation sites excluding steroid dienone is 2. The minimum absolute atomic E-state index is 0.00316. The maximum Gasteiger partial charge on any atom is 0.224 e. The lowest BCUT2D eigenvalue weighted by Gasteiger charge is -2.28. The number of carbonyl (C=O) groups is 1. The van der Waals surface area contributed by atoms with Gasteiger partial charge in [-0.15, -0.1) is 0 Å². The summed E-state index contributed by atoms with van der Waals surface area (Å²) >= 11 is 0. The van der Waals surface area contributed by atoms with E-state index >= 15 is 0 Å². The van der Waals surface area contributed by atoms with Gasteiger partial charge < -0.3 is 14.8 Å². The quantitative estimate of drug-likeness (QED) is 0.836. The van der Waals surface area contributed by atoms with Crippen LogP contribution in [0.3, 0.4) is 0 Å². The average molecular weight is 353 g/mol. The summed E-state index contributed by atoms with van der Waals surface area (Å²) in [5.41, 5.74) is 1.55. The van der Waals surface area contributed by atoms with Crippen LogP contribution in [0.25, 0.3) is 0 Å². The van der Waals surface area contributed by atoms with Gasteiger partial charge in [0.25, 0.3) is 0 Å². The van der Waals surface area contributed by atoms with Crippen molar-refractivity contribution in [2.45, 2.75) is 39.2 Å². The van der Waals surface area contributed by atoms with E-state index in [1.54, 1.807) is 0 Å². The molecule has 0 radical (unpaired) electrons. The maximum atomic E-state index is 13.1.